The minimum atomic E-state index is -0.183. The van der Waals surface area contributed by atoms with E-state index in [0.717, 1.165) is 18.4 Å². The van der Waals surface area contributed by atoms with Crippen LogP contribution in [0.4, 0.5) is 0 Å². The maximum atomic E-state index is 9.14. The van der Waals surface area contributed by atoms with Gasteiger partial charge in [0, 0.05) is 12.4 Å². The van der Waals surface area contributed by atoms with Gasteiger partial charge in [0.05, 0.1) is 11.5 Å². The summed E-state index contributed by atoms with van der Waals surface area (Å²) in [6, 6.07) is 6.36. The van der Waals surface area contributed by atoms with Gasteiger partial charge in [-0.25, -0.2) is 0 Å². The Kier molecular flexibility index (Phi) is 1.81. The van der Waals surface area contributed by atoms with Gasteiger partial charge in [-0.3, -0.25) is 4.98 Å². The molecule has 2 nitrogen and oxygen atoms in total. The van der Waals surface area contributed by atoms with E-state index in [9.17, 15) is 0 Å². The molecule has 0 aromatic carbocycles. The summed E-state index contributed by atoms with van der Waals surface area (Å²) in [4.78, 5) is 3.96. The Balaban J connectivity index is 2.32. The van der Waals surface area contributed by atoms with Crippen molar-refractivity contribution >= 4 is 0 Å². The van der Waals surface area contributed by atoms with E-state index in [1.807, 2.05) is 12.1 Å². The van der Waals surface area contributed by atoms with Crippen LogP contribution < -0.4 is 0 Å². The van der Waals surface area contributed by atoms with E-state index in [0.29, 0.717) is 5.92 Å². The van der Waals surface area contributed by atoms with Gasteiger partial charge in [-0.1, -0.05) is 13.3 Å². The molecule has 2 unspecified atom stereocenters. The van der Waals surface area contributed by atoms with Gasteiger partial charge in [0.2, 0.25) is 0 Å². The highest BCUT2D eigenvalue weighted by Gasteiger charge is 2.54. The van der Waals surface area contributed by atoms with Crippen LogP contribution in [0.1, 0.15) is 25.3 Å². The van der Waals surface area contributed by atoms with Crippen molar-refractivity contribution in [1.29, 1.82) is 5.26 Å². The number of nitriles is 1. The van der Waals surface area contributed by atoms with Crippen molar-refractivity contribution in [2.75, 3.05) is 0 Å². The zero-order valence-corrected chi connectivity index (χ0v) is 7.70. The number of hydrogen-bond acceptors (Lipinski definition) is 2. The van der Waals surface area contributed by atoms with Crippen LogP contribution in [0.5, 0.6) is 0 Å². The topological polar surface area (TPSA) is 36.7 Å². The van der Waals surface area contributed by atoms with Crippen LogP contribution in [0.15, 0.2) is 24.5 Å². The first-order chi connectivity index (χ1) is 6.33. The van der Waals surface area contributed by atoms with Crippen LogP contribution in [0.3, 0.4) is 0 Å². The second-order valence-electron chi connectivity index (χ2n) is 3.63. The van der Waals surface area contributed by atoms with Gasteiger partial charge in [0.1, 0.15) is 0 Å². The molecule has 0 spiro atoms. The number of hydrogen-bond donors (Lipinski definition) is 0. The van der Waals surface area contributed by atoms with Gasteiger partial charge in [0.15, 0.2) is 0 Å². The maximum absolute atomic E-state index is 9.14. The lowest BCUT2D eigenvalue weighted by atomic mass is 9.95. The number of pyridine rings is 1. The Morgan fingerprint density at radius 2 is 2.31 bits per heavy atom. The third-order valence-corrected chi connectivity index (χ3v) is 2.99. The first-order valence-corrected chi connectivity index (χ1v) is 4.65. The molecule has 2 heteroatoms. The maximum Gasteiger partial charge on any atom is 0.0855 e. The molecule has 2 rings (SSSR count). The molecule has 2 atom stereocenters. The molecule has 1 heterocycles. The molecule has 1 fully saturated rings. The van der Waals surface area contributed by atoms with Crippen LogP contribution >= 0.6 is 0 Å². The van der Waals surface area contributed by atoms with Gasteiger partial charge in [0.25, 0.3) is 0 Å². The summed E-state index contributed by atoms with van der Waals surface area (Å²) >= 11 is 0. The molecule has 0 bridgehead atoms. The first kappa shape index (κ1) is 8.25. The summed E-state index contributed by atoms with van der Waals surface area (Å²) in [7, 11) is 0. The number of rotatable bonds is 2. The molecule has 13 heavy (non-hydrogen) atoms. The second kappa shape index (κ2) is 2.85. The Bertz CT molecular complexity index is 339. The lowest BCUT2D eigenvalue weighted by molar-refractivity contribution is 0.700. The fourth-order valence-electron chi connectivity index (χ4n) is 2.03. The summed E-state index contributed by atoms with van der Waals surface area (Å²) in [5, 5.41) is 9.14. The van der Waals surface area contributed by atoms with Crippen LogP contribution in [-0.4, -0.2) is 4.98 Å². The molecule has 0 amide bonds. The van der Waals surface area contributed by atoms with Gasteiger partial charge in [-0.15, -0.1) is 0 Å². The van der Waals surface area contributed by atoms with Gasteiger partial charge < -0.3 is 0 Å². The van der Waals surface area contributed by atoms with Gasteiger partial charge in [-0.2, -0.15) is 5.26 Å². The number of nitrogens with zero attached hydrogens (tertiary/aromatic N) is 2. The Morgan fingerprint density at radius 3 is 2.77 bits per heavy atom. The summed E-state index contributed by atoms with van der Waals surface area (Å²) in [6.07, 6.45) is 5.64. The van der Waals surface area contributed by atoms with Crippen molar-refractivity contribution in [3.63, 3.8) is 0 Å². The van der Waals surface area contributed by atoms with Gasteiger partial charge >= 0.3 is 0 Å². The van der Waals surface area contributed by atoms with Crippen molar-refractivity contribution < 1.29 is 0 Å². The highest BCUT2D eigenvalue weighted by Crippen LogP contribution is 2.55. The van der Waals surface area contributed by atoms with E-state index in [1.54, 1.807) is 12.4 Å². The van der Waals surface area contributed by atoms with Crippen LogP contribution in [0.25, 0.3) is 0 Å². The molecule has 1 aromatic rings. The molecule has 66 valence electrons. The highest BCUT2D eigenvalue weighted by atomic mass is 14.6. The lowest BCUT2D eigenvalue weighted by Gasteiger charge is -2.06. The van der Waals surface area contributed by atoms with Crippen LogP contribution in [0, 0.1) is 17.2 Å². The monoisotopic (exact) mass is 172 g/mol. The Labute approximate surface area is 78.2 Å². The smallest absolute Gasteiger partial charge is 0.0855 e. The minimum Gasteiger partial charge on any atom is -0.265 e. The standard InChI is InChI=1S/C11H12N2/c1-2-9-7-11(9,8-12)10-3-5-13-6-4-10/h3-6,9H,2,7H2,1H3. The molecule has 0 saturated heterocycles. The van der Waals surface area contributed by atoms with E-state index in [4.69, 9.17) is 5.26 Å². The zero-order valence-electron chi connectivity index (χ0n) is 7.70. The molecule has 0 aliphatic heterocycles. The highest BCUT2D eigenvalue weighted by molar-refractivity contribution is 5.40. The normalized spacial score (nSPS) is 30.9. The Morgan fingerprint density at radius 1 is 1.62 bits per heavy atom. The summed E-state index contributed by atoms with van der Waals surface area (Å²) in [5.41, 5.74) is 0.953. The average Bonchev–Trinajstić information content (AvgIpc) is 2.94. The van der Waals surface area contributed by atoms with E-state index in [2.05, 4.69) is 18.0 Å². The quantitative estimate of drug-likeness (QED) is 0.686. The number of aromatic nitrogens is 1. The third kappa shape index (κ3) is 1.12. The molecular formula is C11H12N2. The van der Waals surface area contributed by atoms with E-state index in [1.165, 1.54) is 0 Å². The SMILES string of the molecule is CCC1CC1(C#N)c1ccncc1. The van der Waals surface area contributed by atoms with Crippen molar-refractivity contribution in [2.24, 2.45) is 5.92 Å². The fraction of sp³-hybridized carbons (Fsp3) is 0.455. The summed E-state index contributed by atoms with van der Waals surface area (Å²) in [6.45, 7) is 2.14. The third-order valence-electron chi connectivity index (χ3n) is 2.99. The van der Waals surface area contributed by atoms with Crippen molar-refractivity contribution in [3.8, 4) is 6.07 Å². The van der Waals surface area contributed by atoms with Crippen molar-refractivity contribution in [3.05, 3.63) is 30.1 Å². The molecule has 1 aliphatic carbocycles. The van der Waals surface area contributed by atoms with E-state index < -0.39 is 0 Å². The first-order valence-electron chi connectivity index (χ1n) is 4.65. The molecule has 0 radical (unpaired) electrons. The van der Waals surface area contributed by atoms with Gasteiger partial charge in [-0.05, 0) is 30.0 Å². The van der Waals surface area contributed by atoms with Crippen LogP contribution in [-0.2, 0) is 5.41 Å². The molecule has 0 N–H and O–H groups in total. The predicted molar refractivity (Wildman–Crippen MR) is 49.9 cm³/mol. The minimum absolute atomic E-state index is 0.183. The van der Waals surface area contributed by atoms with Crippen LogP contribution in [0.2, 0.25) is 0 Å². The Hall–Kier alpha value is -1.36. The van der Waals surface area contributed by atoms with Crippen molar-refractivity contribution in [2.45, 2.75) is 25.2 Å². The van der Waals surface area contributed by atoms with E-state index >= 15 is 0 Å². The summed E-state index contributed by atoms with van der Waals surface area (Å²) < 4.78 is 0. The van der Waals surface area contributed by atoms with Crippen molar-refractivity contribution in [1.82, 2.24) is 4.98 Å². The fourth-order valence-corrected chi connectivity index (χ4v) is 2.03. The average molecular weight is 172 g/mol. The summed E-state index contributed by atoms with van der Waals surface area (Å²) in [5.74, 6) is 0.555. The second-order valence-corrected chi connectivity index (χ2v) is 3.63. The predicted octanol–water partition coefficient (Wildman–Crippen LogP) is 2.27. The lowest BCUT2D eigenvalue weighted by Crippen LogP contribution is -2.06. The molecule has 1 saturated carbocycles. The zero-order chi connectivity index (χ0) is 9.31. The largest absolute Gasteiger partial charge is 0.265 e. The van der Waals surface area contributed by atoms with E-state index in [-0.39, 0.29) is 5.41 Å². The molecule has 1 aromatic heterocycles. The molecular weight excluding hydrogens is 160 g/mol. The molecule has 1 aliphatic rings.